The van der Waals surface area contributed by atoms with E-state index in [-0.39, 0.29) is 37.4 Å². The average molecular weight is 276 g/mol. The molecule has 0 aromatic carbocycles. The Balaban J connectivity index is 3.06. The molecule has 0 aliphatic heterocycles. The molecule has 1 rings (SSSR count). The van der Waals surface area contributed by atoms with Crippen LogP contribution in [-0.2, 0) is 0 Å². The van der Waals surface area contributed by atoms with Gasteiger partial charge < -0.3 is 15.1 Å². The largest absolute Gasteiger partial charge is 0.395 e. The lowest BCUT2D eigenvalue weighted by atomic mass is 10.1. The molecule has 1 aromatic heterocycles. The summed E-state index contributed by atoms with van der Waals surface area (Å²) in [6, 6.07) is 3.41. The minimum absolute atomic E-state index is 0.0147. The number of aliphatic hydroxyl groups is 2. The minimum Gasteiger partial charge on any atom is -0.395 e. The molecule has 0 spiro atoms. The number of hydrogen-bond acceptors (Lipinski definition) is 4. The highest BCUT2D eigenvalue weighted by molar-refractivity contribution is 5.95. The summed E-state index contributed by atoms with van der Waals surface area (Å²) in [5.74, 6) is 5.39. The molecule has 0 aliphatic carbocycles. The molecule has 1 heterocycles. The number of pyridine rings is 1. The van der Waals surface area contributed by atoms with Crippen LogP contribution in [0.5, 0.6) is 0 Å². The highest BCUT2D eigenvalue weighted by atomic mass is 16.3. The number of carbonyl (C=O) groups excluding carboxylic acids is 1. The Morgan fingerprint density at radius 2 is 2.15 bits per heavy atom. The second kappa shape index (κ2) is 8.31. The molecule has 0 bridgehead atoms. The van der Waals surface area contributed by atoms with Crippen molar-refractivity contribution in [1.29, 1.82) is 0 Å². The van der Waals surface area contributed by atoms with Crippen LogP contribution in [0, 0.1) is 11.8 Å². The molecular weight excluding hydrogens is 256 g/mol. The van der Waals surface area contributed by atoms with Crippen LogP contribution in [0.4, 0.5) is 0 Å². The van der Waals surface area contributed by atoms with Crippen molar-refractivity contribution in [2.24, 2.45) is 0 Å². The molecule has 1 amide bonds. The van der Waals surface area contributed by atoms with E-state index in [2.05, 4.69) is 16.8 Å². The summed E-state index contributed by atoms with van der Waals surface area (Å²) in [7, 11) is 0. The topological polar surface area (TPSA) is 73.7 Å². The van der Waals surface area contributed by atoms with Gasteiger partial charge in [0.05, 0.1) is 18.8 Å². The first-order chi connectivity index (χ1) is 9.61. The molecule has 0 fully saturated rings. The summed E-state index contributed by atoms with van der Waals surface area (Å²) in [5, 5.41) is 17.8. The molecule has 0 saturated heterocycles. The van der Waals surface area contributed by atoms with E-state index in [1.165, 1.54) is 0 Å². The monoisotopic (exact) mass is 276 g/mol. The molecule has 0 atom stereocenters. The molecule has 20 heavy (non-hydrogen) atoms. The molecule has 0 radical (unpaired) electrons. The summed E-state index contributed by atoms with van der Waals surface area (Å²) in [4.78, 5) is 18.1. The van der Waals surface area contributed by atoms with Crippen molar-refractivity contribution in [3.63, 3.8) is 0 Å². The summed E-state index contributed by atoms with van der Waals surface area (Å²) in [5.41, 5.74) is 0.814. The van der Waals surface area contributed by atoms with Crippen molar-refractivity contribution < 1.29 is 15.0 Å². The standard InChI is InChI=1S/C15H20N2O3/c1-12(2)17(9-11-19)15(20)14-13(6-3-4-10-18)7-5-8-16-14/h5,7-8,12,18-19H,4,9-11H2,1-2H3. The van der Waals surface area contributed by atoms with Crippen LogP contribution in [0.1, 0.15) is 36.3 Å². The normalized spacial score (nSPS) is 10.1. The average Bonchev–Trinajstić information content (AvgIpc) is 2.44. The lowest BCUT2D eigenvalue weighted by molar-refractivity contribution is 0.0659. The van der Waals surface area contributed by atoms with Gasteiger partial charge in [0.25, 0.3) is 5.91 Å². The summed E-state index contributed by atoms with van der Waals surface area (Å²) in [6.45, 7) is 3.92. The number of rotatable bonds is 5. The van der Waals surface area contributed by atoms with Crippen molar-refractivity contribution in [3.8, 4) is 11.8 Å². The van der Waals surface area contributed by atoms with Gasteiger partial charge >= 0.3 is 0 Å². The maximum Gasteiger partial charge on any atom is 0.274 e. The predicted octanol–water partition coefficient (Wildman–Crippen LogP) is 0.658. The fourth-order valence-electron chi connectivity index (χ4n) is 1.73. The first-order valence-electron chi connectivity index (χ1n) is 6.58. The van der Waals surface area contributed by atoms with E-state index in [0.717, 1.165) is 0 Å². The Morgan fingerprint density at radius 3 is 2.75 bits per heavy atom. The third-order valence-electron chi connectivity index (χ3n) is 2.70. The van der Waals surface area contributed by atoms with Gasteiger partial charge in [0.1, 0.15) is 5.69 Å². The second-order valence-corrected chi connectivity index (χ2v) is 4.49. The van der Waals surface area contributed by atoms with Crippen molar-refractivity contribution in [2.45, 2.75) is 26.3 Å². The molecule has 0 aliphatic rings. The minimum atomic E-state index is -0.247. The zero-order valence-electron chi connectivity index (χ0n) is 11.8. The van der Waals surface area contributed by atoms with Crippen LogP contribution in [0.3, 0.4) is 0 Å². The van der Waals surface area contributed by atoms with E-state index >= 15 is 0 Å². The highest BCUT2D eigenvalue weighted by Crippen LogP contribution is 2.10. The number of aliphatic hydroxyl groups excluding tert-OH is 2. The van der Waals surface area contributed by atoms with Crippen molar-refractivity contribution in [3.05, 3.63) is 29.6 Å². The fourth-order valence-corrected chi connectivity index (χ4v) is 1.73. The zero-order chi connectivity index (χ0) is 15.0. The number of hydrogen-bond donors (Lipinski definition) is 2. The number of amides is 1. The van der Waals surface area contributed by atoms with Crippen LogP contribution in [-0.4, -0.2) is 51.8 Å². The smallest absolute Gasteiger partial charge is 0.274 e. The van der Waals surface area contributed by atoms with Crippen molar-refractivity contribution in [1.82, 2.24) is 9.88 Å². The maximum atomic E-state index is 12.5. The van der Waals surface area contributed by atoms with Crippen molar-refractivity contribution in [2.75, 3.05) is 19.8 Å². The summed E-state index contributed by atoms with van der Waals surface area (Å²) >= 11 is 0. The van der Waals surface area contributed by atoms with Gasteiger partial charge in [-0.2, -0.15) is 0 Å². The Hall–Kier alpha value is -1.90. The molecule has 5 heteroatoms. The van der Waals surface area contributed by atoms with E-state index in [1.807, 2.05) is 13.8 Å². The van der Waals surface area contributed by atoms with Gasteiger partial charge in [-0.3, -0.25) is 4.79 Å². The Labute approximate surface area is 119 Å². The summed E-state index contributed by atoms with van der Waals surface area (Å²) in [6.07, 6.45) is 1.90. The van der Waals surface area contributed by atoms with Crippen LogP contribution >= 0.6 is 0 Å². The first kappa shape index (κ1) is 16.2. The molecule has 0 saturated carbocycles. The molecule has 1 aromatic rings. The third-order valence-corrected chi connectivity index (χ3v) is 2.70. The maximum absolute atomic E-state index is 12.5. The van der Waals surface area contributed by atoms with E-state index < -0.39 is 0 Å². The summed E-state index contributed by atoms with van der Waals surface area (Å²) < 4.78 is 0. The lowest BCUT2D eigenvalue weighted by Gasteiger charge is -2.25. The predicted molar refractivity (Wildman–Crippen MR) is 76.1 cm³/mol. The van der Waals surface area contributed by atoms with E-state index in [9.17, 15) is 4.79 Å². The quantitative estimate of drug-likeness (QED) is 0.775. The van der Waals surface area contributed by atoms with Crippen LogP contribution in [0.25, 0.3) is 0 Å². The molecular formula is C15H20N2O3. The Kier molecular flexibility index (Phi) is 6.71. The molecule has 5 nitrogen and oxygen atoms in total. The van der Waals surface area contributed by atoms with Gasteiger partial charge in [-0.15, -0.1) is 0 Å². The zero-order valence-corrected chi connectivity index (χ0v) is 11.8. The van der Waals surface area contributed by atoms with Gasteiger partial charge in [0.15, 0.2) is 0 Å². The SMILES string of the molecule is CC(C)N(CCO)C(=O)c1ncccc1C#CCCO. The highest BCUT2D eigenvalue weighted by Gasteiger charge is 2.21. The van der Waals surface area contributed by atoms with E-state index in [0.29, 0.717) is 12.0 Å². The second-order valence-electron chi connectivity index (χ2n) is 4.49. The van der Waals surface area contributed by atoms with Crippen LogP contribution in [0.2, 0.25) is 0 Å². The van der Waals surface area contributed by atoms with E-state index in [1.54, 1.807) is 23.2 Å². The Bertz CT molecular complexity index is 503. The van der Waals surface area contributed by atoms with Gasteiger partial charge in [-0.1, -0.05) is 11.8 Å². The molecule has 0 unspecified atom stereocenters. The van der Waals surface area contributed by atoms with Gasteiger partial charge in [0.2, 0.25) is 0 Å². The van der Waals surface area contributed by atoms with Crippen molar-refractivity contribution >= 4 is 5.91 Å². The lowest BCUT2D eigenvalue weighted by Crippen LogP contribution is -2.39. The number of carbonyl (C=O) groups is 1. The van der Waals surface area contributed by atoms with Gasteiger partial charge in [-0.25, -0.2) is 4.98 Å². The number of nitrogens with zero attached hydrogens (tertiary/aromatic N) is 2. The molecule has 108 valence electrons. The van der Waals surface area contributed by atoms with Gasteiger partial charge in [0, 0.05) is 25.2 Å². The fraction of sp³-hybridized carbons (Fsp3) is 0.467. The molecule has 2 N–H and O–H groups in total. The van der Waals surface area contributed by atoms with Crippen LogP contribution < -0.4 is 0 Å². The third kappa shape index (κ3) is 4.34. The van der Waals surface area contributed by atoms with Gasteiger partial charge in [-0.05, 0) is 26.0 Å². The van der Waals surface area contributed by atoms with Crippen LogP contribution in [0.15, 0.2) is 18.3 Å². The van der Waals surface area contributed by atoms with E-state index in [4.69, 9.17) is 10.2 Å². The number of aromatic nitrogens is 1. The Morgan fingerprint density at radius 1 is 1.40 bits per heavy atom. The first-order valence-corrected chi connectivity index (χ1v) is 6.58.